The number of nitrogens with zero attached hydrogens (tertiary/aromatic N) is 4. The highest BCUT2D eigenvalue weighted by Crippen LogP contribution is 2.29. The second kappa shape index (κ2) is 7.60. The summed E-state index contributed by atoms with van der Waals surface area (Å²) in [7, 11) is 0. The molecule has 0 bridgehead atoms. The molecule has 1 fully saturated rings. The van der Waals surface area contributed by atoms with Crippen molar-refractivity contribution >= 4 is 39.9 Å². The molecular weight excluding hydrogens is 382 g/mol. The largest absolute Gasteiger partial charge is 0.354 e. The number of benzene rings is 2. The second-order valence-corrected chi connectivity index (χ2v) is 7.79. The molecule has 7 heteroatoms. The maximum atomic E-state index is 12.9. The number of anilines is 2. The van der Waals surface area contributed by atoms with E-state index in [1.54, 1.807) is 5.38 Å². The van der Waals surface area contributed by atoms with Crippen LogP contribution in [0.5, 0.6) is 0 Å². The number of nitrogens with one attached hydrogen (secondary N) is 1. The Labute approximate surface area is 172 Å². The number of rotatable bonds is 4. The van der Waals surface area contributed by atoms with E-state index in [0.717, 1.165) is 53.4 Å². The third kappa shape index (κ3) is 3.56. The third-order valence-corrected chi connectivity index (χ3v) is 5.84. The Morgan fingerprint density at radius 3 is 2.34 bits per heavy atom. The minimum absolute atomic E-state index is 0.270. The van der Waals surface area contributed by atoms with E-state index >= 15 is 0 Å². The highest BCUT2D eigenvalue weighted by atomic mass is 32.1. The molecule has 0 atom stereocenters. The smallest absolute Gasteiger partial charge is 0.276 e. The van der Waals surface area contributed by atoms with Crippen molar-refractivity contribution in [1.29, 1.82) is 0 Å². The van der Waals surface area contributed by atoms with Gasteiger partial charge in [-0.05, 0) is 25.0 Å². The van der Waals surface area contributed by atoms with Gasteiger partial charge < -0.3 is 10.2 Å². The maximum absolute atomic E-state index is 12.9. The maximum Gasteiger partial charge on any atom is 0.276 e. The van der Waals surface area contributed by atoms with E-state index in [4.69, 9.17) is 4.98 Å². The minimum Gasteiger partial charge on any atom is -0.354 e. The van der Waals surface area contributed by atoms with E-state index in [1.807, 2.05) is 54.6 Å². The number of hydrogen-bond acceptors (Lipinski definition) is 6. The quantitative estimate of drug-likeness (QED) is 0.541. The number of carbonyl (C=O) groups is 1. The fraction of sp³-hybridized carbons (Fsp3) is 0.182. The summed E-state index contributed by atoms with van der Waals surface area (Å²) in [5.41, 5.74) is 2.97. The van der Waals surface area contributed by atoms with Crippen LogP contribution in [0, 0.1) is 0 Å². The first-order valence-electron chi connectivity index (χ1n) is 9.62. The predicted octanol–water partition coefficient (Wildman–Crippen LogP) is 4.61. The Morgan fingerprint density at radius 1 is 0.897 bits per heavy atom. The third-order valence-electron chi connectivity index (χ3n) is 4.95. The van der Waals surface area contributed by atoms with Crippen molar-refractivity contribution in [3.63, 3.8) is 0 Å². The molecule has 1 N–H and O–H groups in total. The van der Waals surface area contributed by atoms with Crippen molar-refractivity contribution in [3.8, 4) is 10.6 Å². The number of thiazole rings is 1. The van der Waals surface area contributed by atoms with Crippen LogP contribution in [0.25, 0.3) is 21.6 Å². The first-order valence-corrected chi connectivity index (χ1v) is 10.5. The summed E-state index contributed by atoms with van der Waals surface area (Å²) in [4.78, 5) is 29.1. The lowest BCUT2D eigenvalue weighted by molar-refractivity contribution is 0.102. The van der Waals surface area contributed by atoms with Crippen molar-refractivity contribution < 1.29 is 4.79 Å². The van der Waals surface area contributed by atoms with E-state index in [1.165, 1.54) is 11.3 Å². The lowest BCUT2D eigenvalue weighted by Crippen LogP contribution is -2.23. The van der Waals surface area contributed by atoms with Gasteiger partial charge >= 0.3 is 0 Å². The molecule has 0 unspecified atom stereocenters. The van der Waals surface area contributed by atoms with Crippen molar-refractivity contribution in [1.82, 2.24) is 15.0 Å². The van der Waals surface area contributed by atoms with Gasteiger partial charge in [-0.15, -0.1) is 11.3 Å². The molecule has 2 aromatic heterocycles. The zero-order chi connectivity index (χ0) is 19.6. The zero-order valence-corrected chi connectivity index (χ0v) is 16.5. The van der Waals surface area contributed by atoms with Crippen LogP contribution in [0.4, 0.5) is 11.6 Å². The van der Waals surface area contributed by atoms with Gasteiger partial charge in [-0.1, -0.05) is 42.5 Å². The van der Waals surface area contributed by atoms with E-state index in [-0.39, 0.29) is 5.91 Å². The second-order valence-electron chi connectivity index (χ2n) is 6.94. The molecule has 1 saturated heterocycles. The Morgan fingerprint density at radius 2 is 1.59 bits per heavy atom. The van der Waals surface area contributed by atoms with Crippen LogP contribution >= 0.6 is 11.3 Å². The van der Waals surface area contributed by atoms with Crippen LogP contribution < -0.4 is 10.2 Å². The van der Waals surface area contributed by atoms with Crippen molar-refractivity contribution in [3.05, 3.63) is 65.7 Å². The molecule has 1 aliphatic heterocycles. The summed E-state index contributed by atoms with van der Waals surface area (Å²) in [5.74, 6) is 0.950. The Kier molecular flexibility index (Phi) is 4.65. The molecule has 1 aliphatic rings. The average Bonchev–Trinajstić information content (AvgIpc) is 3.46. The van der Waals surface area contributed by atoms with Crippen LogP contribution in [0.1, 0.15) is 23.3 Å². The lowest BCUT2D eigenvalue weighted by atomic mass is 10.2. The zero-order valence-electron chi connectivity index (χ0n) is 15.7. The van der Waals surface area contributed by atoms with Gasteiger partial charge in [-0.3, -0.25) is 4.79 Å². The van der Waals surface area contributed by atoms with Gasteiger partial charge in [0.15, 0.2) is 11.6 Å². The summed E-state index contributed by atoms with van der Waals surface area (Å²) in [6.07, 6.45) is 2.24. The molecule has 3 heterocycles. The Hall–Kier alpha value is -3.32. The van der Waals surface area contributed by atoms with Gasteiger partial charge in [-0.2, -0.15) is 0 Å². The van der Waals surface area contributed by atoms with Gasteiger partial charge in [0.1, 0.15) is 10.7 Å². The van der Waals surface area contributed by atoms with E-state index in [9.17, 15) is 4.79 Å². The average molecular weight is 401 g/mol. The van der Waals surface area contributed by atoms with Gasteiger partial charge in [0, 0.05) is 24.0 Å². The fourth-order valence-corrected chi connectivity index (χ4v) is 4.29. The molecule has 0 spiro atoms. The van der Waals surface area contributed by atoms with Crippen LogP contribution in [0.2, 0.25) is 0 Å². The molecule has 1 amide bonds. The summed E-state index contributed by atoms with van der Waals surface area (Å²) in [6, 6.07) is 17.6. The normalized spacial score (nSPS) is 13.7. The lowest BCUT2D eigenvalue weighted by Gasteiger charge is -2.20. The standard InChI is InChI=1S/C22H19N5OS/c28-21(18-14-29-22(25-18)15-8-2-1-3-9-15)26-19-20(27-12-6-7-13-27)24-17-11-5-4-10-16(17)23-19/h1-5,8-11,14H,6-7,12-13H2,(H,23,26,28). The minimum atomic E-state index is -0.270. The van der Waals surface area contributed by atoms with Crippen LogP contribution in [0.3, 0.4) is 0 Å². The molecule has 2 aromatic carbocycles. The van der Waals surface area contributed by atoms with Crippen molar-refractivity contribution in [2.75, 3.05) is 23.3 Å². The van der Waals surface area contributed by atoms with Gasteiger partial charge in [0.2, 0.25) is 0 Å². The molecule has 6 nitrogen and oxygen atoms in total. The topological polar surface area (TPSA) is 71.0 Å². The summed E-state index contributed by atoms with van der Waals surface area (Å²) >= 11 is 1.46. The highest BCUT2D eigenvalue weighted by Gasteiger charge is 2.22. The van der Waals surface area contributed by atoms with Crippen molar-refractivity contribution in [2.45, 2.75) is 12.8 Å². The molecule has 29 heavy (non-hydrogen) atoms. The summed E-state index contributed by atoms with van der Waals surface area (Å²) in [6.45, 7) is 1.84. The first kappa shape index (κ1) is 17.8. The molecule has 144 valence electrons. The van der Waals surface area contributed by atoms with Crippen LogP contribution in [-0.4, -0.2) is 33.9 Å². The SMILES string of the molecule is O=C(Nc1nc2ccccc2nc1N1CCCC1)c1csc(-c2ccccc2)n1. The number of amides is 1. The number of carbonyl (C=O) groups excluding carboxylic acids is 1. The van der Waals surface area contributed by atoms with Gasteiger partial charge in [0.05, 0.1) is 11.0 Å². The van der Waals surface area contributed by atoms with Crippen LogP contribution in [0.15, 0.2) is 60.0 Å². The number of para-hydroxylation sites is 2. The molecule has 0 saturated carbocycles. The van der Waals surface area contributed by atoms with Crippen molar-refractivity contribution in [2.24, 2.45) is 0 Å². The summed E-state index contributed by atoms with van der Waals surface area (Å²) in [5, 5.41) is 5.55. The molecule has 4 aromatic rings. The molecule has 0 aliphatic carbocycles. The first-order chi connectivity index (χ1) is 14.3. The van der Waals surface area contributed by atoms with E-state index < -0.39 is 0 Å². The van der Waals surface area contributed by atoms with E-state index in [2.05, 4.69) is 20.2 Å². The monoisotopic (exact) mass is 401 g/mol. The van der Waals surface area contributed by atoms with Gasteiger partial charge in [-0.25, -0.2) is 15.0 Å². The number of fused-ring (bicyclic) bond motifs is 1. The molecule has 0 radical (unpaired) electrons. The summed E-state index contributed by atoms with van der Waals surface area (Å²) < 4.78 is 0. The van der Waals surface area contributed by atoms with Crippen LogP contribution in [-0.2, 0) is 0 Å². The predicted molar refractivity (Wildman–Crippen MR) is 116 cm³/mol. The fourth-order valence-electron chi connectivity index (χ4n) is 3.49. The number of hydrogen-bond donors (Lipinski definition) is 1. The molecule has 5 rings (SSSR count). The highest BCUT2D eigenvalue weighted by molar-refractivity contribution is 7.13. The van der Waals surface area contributed by atoms with E-state index in [0.29, 0.717) is 11.5 Å². The number of aromatic nitrogens is 3. The molecular formula is C22H19N5OS. The van der Waals surface area contributed by atoms with Gasteiger partial charge in [0.25, 0.3) is 5.91 Å². The Bertz CT molecular complexity index is 1170. The Balaban J connectivity index is 1.47.